The third kappa shape index (κ3) is 7.24. The predicted molar refractivity (Wildman–Crippen MR) is 120 cm³/mol. The summed E-state index contributed by atoms with van der Waals surface area (Å²) in [7, 11) is 1.59. The summed E-state index contributed by atoms with van der Waals surface area (Å²) in [4.78, 5) is 38.2. The van der Waals surface area contributed by atoms with E-state index in [1.54, 1.807) is 7.11 Å². The third-order valence-corrected chi connectivity index (χ3v) is 5.61. The molecule has 8 nitrogen and oxygen atoms in total. The fraction of sp³-hybridized carbons (Fsp3) is 0.400. The monoisotopic (exact) mass is 455 g/mol. The fourth-order valence-electron chi connectivity index (χ4n) is 3.68. The molecule has 0 saturated carbocycles. The predicted octanol–water partition coefficient (Wildman–Crippen LogP) is 3.67. The summed E-state index contributed by atoms with van der Waals surface area (Å²) in [6.45, 7) is 0.534. The minimum atomic E-state index is -1.10. The van der Waals surface area contributed by atoms with Crippen molar-refractivity contribution in [3.8, 4) is 5.75 Å². The van der Waals surface area contributed by atoms with Crippen LogP contribution in [0.15, 0.2) is 54.6 Å². The maximum absolute atomic E-state index is 12.8. The van der Waals surface area contributed by atoms with Gasteiger partial charge in [-0.3, -0.25) is 4.79 Å². The number of methoxy groups -OCH3 is 1. The van der Waals surface area contributed by atoms with Crippen LogP contribution in [0.3, 0.4) is 0 Å². The number of amides is 1. The molecule has 1 N–H and O–H groups in total. The van der Waals surface area contributed by atoms with E-state index in [9.17, 15) is 19.5 Å². The first-order chi connectivity index (χ1) is 16.0. The van der Waals surface area contributed by atoms with Gasteiger partial charge in [-0.1, -0.05) is 42.5 Å². The van der Waals surface area contributed by atoms with Crippen LogP contribution in [-0.2, 0) is 32.1 Å². The van der Waals surface area contributed by atoms with Gasteiger partial charge in [-0.2, -0.15) is 0 Å². The molecule has 8 heteroatoms. The molecule has 0 radical (unpaired) electrons. The molecule has 3 rings (SSSR count). The Kier molecular flexibility index (Phi) is 8.69. The molecule has 1 aliphatic rings. The molecule has 176 valence electrons. The lowest BCUT2D eigenvalue weighted by Gasteiger charge is -2.31. The van der Waals surface area contributed by atoms with E-state index in [-0.39, 0.29) is 19.6 Å². The fourth-order valence-corrected chi connectivity index (χ4v) is 3.68. The van der Waals surface area contributed by atoms with Gasteiger partial charge in [0, 0.05) is 13.1 Å². The highest BCUT2D eigenvalue weighted by Gasteiger charge is 2.32. The molecule has 1 heterocycles. The van der Waals surface area contributed by atoms with Gasteiger partial charge in [0.1, 0.15) is 12.4 Å². The Morgan fingerprint density at radius 3 is 2.45 bits per heavy atom. The van der Waals surface area contributed by atoms with Gasteiger partial charge in [0.2, 0.25) is 6.10 Å². The molecule has 0 bridgehead atoms. The van der Waals surface area contributed by atoms with Crippen molar-refractivity contribution in [2.75, 3.05) is 20.2 Å². The second kappa shape index (κ2) is 11.9. The first kappa shape index (κ1) is 24.1. The Hall–Kier alpha value is -3.55. The summed E-state index contributed by atoms with van der Waals surface area (Å²) < 4.78 is 16.1. The third-order valence-electron chi connectivity index (χ3n) is 5.61. The lowest BCUT2D eigenvalue weighted by molar-refractivity contribution is -0.156. The summed E-state index contributed by atoms with van der Waals surface area (Å²) in [5, 5.41) is 9.27. The van der Waals surface area contributed by atoms with Crippen molar-refractivity contribution in [1.82, 2.24) is 4.90 Å². The number of aryl methyl sites for hydroxylation is 1. The zero-order chi connectivity index (χ0) is 23.6. The van der Waals surface area contributed by atoms with Crippen LogP contribution in [0.1, 0.15) is 30.4 Å². The van der Waals surface area contributed by atoms with Crippen molar-refractivity contribution in [3.05, 3.63) is 65.7 Å². The Morgan fingerprint density at radius 1 is 1.06 bits per heavy atom. The number of carboxylic acids is 1. The van der Waals surface area contributed by atoms with E-state index in [2.05, 4.69) is 0 Å². The average molecular weight is 456 g/mol. The van der Waals surface area contributed by atoms with Crippen LogP contribution in [0.2, 0.25) is 0 Å². The molecule has 1 aliphatic heterocycles. The molecule has 2 aromatic carbocycles. The van der Waals surface area contributed by atoms with E-state index in [4.69, 9.17) is 14.2 Å². The van der Waals surface area contributed by atoms with Crippen LogP contribution >= 0.6 is 0 Å². The highest BCUT2D eigenvalue weighted by molar-refractivity contribution is 5.79. The number of benzene rings is 2. The molecule has 1 amide bonds. The number of rotatable bonds is 9. The van der Waals surface area contributed by atoms with E-state index in [1.165, 1.54) is 4.90 Å². The number of nitrogens with zero attached hydrogens (tertiary/aromatic N) is 1. The normalized spacial score (nSPS) is 16.5. The van der Waals surface area contributed by atoms with E-state index in [0.717, 1.165) is 16.9 Å². The molecule has 1 fully saturated rings. The number of carbonyl (C=O) groups is 3. The summed E-state index contributed by atoms with van der Waals surface area (Å²) in [6.07, 6.45) is 0.00759. The molecule has 2 atom stereocenters. The SMILES string of the molecule is COc1ccc(CCC(OC(=O)N2CCCC(C(=O)O)C2)C(=O)OCc2ccccc2)cc1. The molecule has 0 aromatic heterocycles. The van der Waals surface area contributed by atoms with Crippen molar-refractivity contribution in [1.29, 1.82) is 0 Å². The van der Waals surface area contributed by atoms with Crippen LogP contribution in [0.25, 0.3) is 0 Å². The van der Waals surface area contributed by atoms with Gasteiger partial charge >= 0.3 is 18.0 Å². The van der Waals surface area contributed by atoms with Crippen molar-refractivity contribution < 1.29 is 33.7 Å². The largest absolute Gasteiger partial charge is 0.497 e. The smallest absolute Gasteiger partial charge is 0.410 e. The first-order valence-electron chi connectivity index (χ1n) is 11.0. The van der Waals surface area contributed by atoms with Gasteiger partial charge < -0.3 is 24.2 Å². The van der Waals surface area contributed by atoms with Gasteiger partial charge in [-0.05, 0) is 48.9 Å². The van der Waals surface area contributed by atoms with E-state index >= 15 is 0 Å². The molecular weight excluding hydrogens is 426 g/mol. The lowest BCUT2D eigenvalue weighted by atomic mass is 9.99. The van der Waals surface area contributed by atoms with Gasteiger partial charge in [0.25, 0.3) is 0 Å². The summed E-state index contributed by atoms with van der Waals surface area (Å²) in [5.74, 6) is -1.48. The zero-order valence-corrected chi connectivity index (χ0v) is 18.6. The number of likely N-dealkylation sites (tertiary alicyclic amines) is 1. The molecule has 33 heavy (non-hydrogen) atoms. The highest BCUT2D eigenvalue weighted by Crippen LogP contribution is 2.20. The maximum atomic E-state index is 12.8. The Morgan fingerprint density at radius 2 is 1.79 bits per heavy atom. The number of piperidine rings is 1. The van der Waals surface area contributed by atoms with Crippen molar-refractivity contribution >= 4 is 18.0 Å². The van der Waals surface area contributed by atoms with Crippen LogP contribution < -0.4 is 4.74 Å². The summed E-state index contributed by atoms with van der Waals surface area (Å²) in [6, 6.07) is 16.7. The lowest BCUT2D eigenvalue weighted by Crippen LogP contribution is -2.44. The van der Waals surface area contributed by atoms with Gasteiger partial charge in [-0.15, -0.1) is 0 Å². The highest BCUT2D eigenvalue weighted by atomic mass is 16.6. The molecule has 2 aromatic rings. The number of carboxylic acid groups (broad SMARTS) is 1. The molecule has 2 unspecified atom stereocenters. The number of aliphatic carboxylic acids is 1. The second-order valence-corrected chi connectivity index (χ2v) is 7.98. The number of carbonyl (C=O) groups excluding carboxylic acids is 2. The Labute approximate surface area is 193 Å². The summed E-state index contributed by atoms with van der Waals surface area (Å²) in [5.41, 5.74) is 1.78. The second-order valence-electron chi connectivity index (χ2n) is 7.98. The van der Waals surface area contributed by atoms with Crippen molar-refractivity contribution in [2.45, 2.75) is 38.4 Å². The summed E-state index contributed by atoms with van der Waals surface area (Å²) >= 11 is 0. The van der Waals surface area contributed by atoms with E-state index < -0.39 is 30.1 Å². The van der Waals surface area contributed by atoms with Crippen LogP contribution in [0.4, 0.5) is 4.79 Å². The molecular formula is C25H29NO7. The number of ether oxygens (including phenoxy) is 3. The van der Waals surface area contributed by atoms with Crippen LogP contribution in [-0.4, -0.2) is 54.3 Å². The minimum absolute atomic E-state index is 0.0679. The topological polar surface area (TPSA) is 102 Å². The van der Waals surface area contributed by atoms with E-state index in [1.807, 2.05) is 54.6 Å². The van der Waals surface area contributed by atoms with Crippen LogP contribution in [0.5, 0.6) is 5.75 Å². The van der Waals surface area contributed by atoms with Gasteiger partial charge in [0.05, 0.1) is 13.0 Å². The first-order valence-corrected chi connectivity index (χ1v) is 11.0. The zero-order valence-electron chi connectivity index (χ0n) is 18.6. The quantitative estimate of drug-likeness (QED) is 0.576. The van der Waals surface area contributed by atoms with E-state index in [0.29, 0.717) is 25.8 Å². The molecule has 1 saturated heterocycles. The molecule has 0 spiro atoms. The van der Waals surface area contributed by atoms with Crippen molar-refractivity contribution in [2.24, 2.45) is 5.92 Å². The Bertz CT molecular complexity index is 930. The van der Waals surface area contributed by atoms with Crippen LogP contribution in [0, 0.1) is 5.92 Å². The van der Waals surface area contributed by atoms with Crippen molar-refractivity contribution in [3.63, 3.8) is 0 Å². The number of hydrogen-bond donors (Lipinski definition) is 1. The molecule has 0 aliphatic carbocycles. The number of esters is 1. The maximum Gasteiger partial charge on any atom is 0.410 e. The Balaban J connectivity index is 1.64. The minimum Gasteiger partial charge on any atom is -0.497 e. The van der Waals surface area contributed by atoms with Gasteiger partial charge in [0.15, 0.2) is 0 Å². The van der Waals surface area contributed by atoms with Gasteiger partial charge in [-0.25, -0.2) is 9.59 Å². The average Bonchev–Trinajstić information content (AvgIpc) is 2.86. The standard InChI is InChI=1S/C25H29NO7/c1-31-21-12-9-18(10-13-21)11-14-22(24(29)32-17-19-6-3-2-4-7-19)33-25(30)26-15-5-8-20(16-26)23(27)28/h2-4,6-7,9-10,12-13,20,22H,5,8,11,14-17H2,1H3,(H,27,28). The number of hydrogen-bond acceptors (Lipinski definition) is 6.